The molecule has 0 radical (unpaired) electrons. The number of halogens is 1. The first-order valence-electron chi connectivity index (χ1n) is 10.9. The Morgan fingerprint density at radius 2 is 1.84 bits per heavy atom. The van der Waals surface area contributed by atoms with Gasteiger partial charge in [-0.05, 0) is 62.9 Å². The van der Waals surface area contributed by atoms with Gasteiger partial charge < -0.3 is 19.0 Å². The van der Waals surface area contributed by atoms with E-state index in [9.17, 15) is 14.0 Å². The Bertz CT molecular complexity index is 861. The molecule has 1 aromatic heterocycles. The summed E-state index contributed by atoms with van der Waals surface area (Å²) in [6.45, 7) is 6.07. The van der Waals surface area contributed by atoms with Gasteiger partial charge in [0.25, 0.3) is 0 Å². The molecule has 0 N–H and O–H groups in total. The topological polar surface area (TPSA) is 63.0 Å². The summed E-state index contributed by atoms with van der Waals surface area (Å²) in [4.78, 5) is 29.3. The minimum absolute atomic E-state index is 0.0162. The van der Waals surface area contributed by atoms with Crippen LogP contribution >= 0.6 is 0 Å². The van der Waals surface area contributed by atoms with Crippen molar-refractivity contribution in [3.8, 4) is 0 Å². The van der Waals surface area contributed by atoms with Gasteiger partial charge in [-0.3, -0.25) is 9.59 Å². The second-order valence-corrected chi connectivity index (χ2v) is 7.97. The van der Waals surface area contributed by atoms with Crippen LogP contribution in [-0.4, -0.2) is 47.9 Å². The summed E-state index contributed by atoms with van der Waals surface area (Å²) >= 11 is 0. The molecule has 1 fully saturated rings. The maximum absolute atomic E-state index is 13.3. The molecule has 0 unspecified atom stereocenters. The number of amides is 2. The fourth-order valence-electron chi connectivity index (χ4n) is 3.42. The molecule has 1 saturated carbocycles. The molecule has 3 rings (SSSR count). The third kappa shape index (κ3) is 7.21. The lowest BCUT2D eigenvalue weighted by atomic mass is 10.2. The number of nitrogens with zero attached hydrogens (tertiary/aromatic N) is 2. The minimum Gasteiger partial charge on any atom is -0.464 e. The fourth-order valence-corrected chi connectivity index (χ4v) is 3.42. The van der Waals surface area contributed by atoms with Crippen LogP contribution in [0.25, 0.3) is 0 Å². The number of aryl methyl sites for hydroxylation is 1. The highest BCUT2D eigenvalue weighted by atomic mass is 19.1. The summed E-state index contributed by atoms with van der Waals surface area (Å²) in [6.07, 6.45) is 2.47. The lowest BCUT2D eigenvalue weighted by Crippen LogP contribution is -2.43. The number of furan rings is 1. The predicted molar refractivity (Wildman–Crippen MR) is 115 cm³/mol. The first-order chi connectivity index (χ1) is 15.0. The third-order valence-electron chi connectivity index (χ3n) is 5.27. The van der Waals surface area contributed by atoms with Crippen LogP contribution in [0.3, 0.4) is 0 Å². The van der Waals surface area contributed by atoms with Gasteiger partial charge in [-0.2, -0.15) is 0 Å². The van der Waals surface area contributed by atoms with Crippen LogP contribution in [0, 0.1) is 18.7 Å². The fraction of sp³-hybridized carbons (Fsp3) is 0.500. The number of hydrogen-bond acceptors (Lipinski definition) is 4. The molecule has 1 aromatic carbocycles. The Kier molecular flexibility index (Phi) is 8.23. The lowest BCUT2D eigenvalue weighted by molar-refractivity contribution is -0.142. The monoisotopic (exact) mass is 430 g/mol. The van der Waals surface area contributed by atoms with Crippen molar-refractivity contribution in [2.45, 2.75) is 46.2 Å². The first kappa shape index (κ1) is 23.0. The highest BCUT2D eigenvalue weighted by molar-refractivity contribution is 5.87. The van der Waals surface area contributed by atoms with Crippen molar-refractivity contribution in [1.82, 2.24) is 9.80 Å². The van der Waals surface area contributed by atoms with Crippen LogP contribution in [0.2, 0.25) is 0 Å². The quantitative estimate of drug-likeness (QED) is 0.479. The number of ether oxygens (including phenoxy) is 1. The Morgan fingerprint density at radius 1 is 1.10 bits per heavy atom. The van der Waals surface area contributed by atoms with Crippen molar-refractivity contribution in [3.63, 3.8) is 0 Å². The molecule has 1 heterocycles. The molecule has 7 heteroatoms. The zero-order valence-corrected chi connectivity index (χ0v) is 18.3. The molecule has 1 aliphatic carbocycles. The highest BCUT2D eigenvalue weighted by Gasteiger charge is 2.34. The van der Waals surface area contributed by atoms with Gasteiger partial charge in [-0.25, -0.2) is 4.39 Å². The van der Waals surface area contributed by atoms with Crippen LogP contribution in [0.4, 0.5) is 4.39 Å². The summed E-state index contributed by atoms with van der Waals surface area (Å²) < 4.78 is 24.3. The second-order valence-electron chi connectivity index (χ2n) is 7.97. The first-order valence-corrected chi connectivity index (χ1v) is 10.9. The Balaban J connectivity index is 1.70. The van der Waals surface area contributed by atoms with Crippen LogP contribution in [-0.2, 0) is 27.4 Å². The van der Waals surface area contributed by atoms with Gasteiger partial charge in [0.05, 0.1) is 13.1 Å². The van der Waals surface area contributed by atoms with E-state index in [0.29, 0.717) is 38.5 Å². The highest BCUT2D eigenvalue weighted by Crippen LogP contribution is 2.31. The third-order valence-corrected chi connectivity index (χ3v) is 5.27. The van der Waals surface area contributed by atoms with Crippen molar-refractivity contribution in [2.75, 3.05) is 26.3 Å². The van der Waals surface area contributed by atoms with E-state index < -0.39 is 0 Å². The van der Waals surface area contributed by atoms with E-state index in [1.54, 1.807) is 21.9 Å². The zero-order chi connectivity index (χ0) is 22.2. The molecule has 0 bridgehead atoms. The van der Waals surface area contributed by atoms with Crippen molar-refractivity contribution in [3.05, 3.63) is 59.3 Å². The molecule has 0 aliphatic heterocycles. The van der Waals surface area contributed by atoms with Crippen molar-refractivity contribution in [2.24, 2.45) is 5.92 Å². The molecule has 0 saturated heterocycles. The standard InChI is InChI=1S/C24H31FN2O4/c1-3-30-14-4-13-26(24(29)20-8-9-20)17-23(28)27(16-22-12-5-18(2)31-22)15-19-6-10-21(25)11-7-19/h5-7,10-12,20H,3-4,8-9,13-17H2,1-2H3. The number of rotatable bonds is 12. The Morgan fingerprint density at radius 3 is 2.45 bits per heavy atom. The molecule has 31 heavy (non-hydrogen) atoms. The summed E-state index contributed by atoms with van der Waals surface area (Å²) in [5.41, 5.74) is 0.814. The van der Waals surface area contributed by atoms with Gasteiger partial charge in [0.15, 0.2) is 0 Å². The van der Waals surface area contributed by atoms with E-state index in [1.165, 1.54) is 12.1 Å². The minimum atomic E-state index is -0.321. The zero-order valence-electron chi connectivity index (χ0n) is 18.3. The largest absolute Gasteiger partial charge is 0.464 e. The molecule has 0 spiro atoms. The normalized spacial score (nSPS) is 13.3. The van der Waals surface area contributed by atoms with Crippen LogP contribution in [0.1, 0.15) is 43.3 Å². The van der Waals surface area contributed by atoms with Gasteiger partial charge in [0, 0.05) is 32.2 Å². The SMILES string of the molecule is CCOCCCN(CC(=O)N(Cc1ccc(F)cc1)Cc1ccc(C)o1)C(=O)C1CC1. The maximum atomic E-state index is 13.3. The van der Waals surface area contributed by atoms with E-state index in [2.05, 4.69) is 0 Å². The molecule has 1 aliphatic rings. The van der Waals surface area contributed by atoms with Gasteiger partial charge >= 0.3 is 0 Å². The van der Waals surface area contributed by atoms with E-state index in [0.717, 1.165) is 24.2 Å². The van der Waals surface area contributed by atoms with Crippen LogP contribution < -0.4 is 0 Å². The Labute approximate surface area is 183 Å². The molecule has 6 nitrogen and oxygen atoms in total. The summed E-state index contributed by atoms with van der Waals surface area (Å²) in [5.74, 6) is 1.04. The van der Waals surface area contributed by atoms with E-state index in [4.69, 9.17) is 9.15 Å². The Hall–Kier alpha value is -2.67. The van der Waals surface area contributed by atoms with Crippen LogP contribution in [0.5, 0.6) is 0 Å². The number of benzene rings is 1. The van der Waals surface area contributed by atoms with Crippen molar-refractivity contribution in [1.29, 1.82) is 0 Å². The van der Waals surface area contributed by atoms with E-state index in [-0.39, 0.29) is 36.6 Å². The van der Waals surface area contributed by atoms with Crippen LogP contribution in [0.15, 0.2) is 40.8 Å². The average molecular weight is 431 g/mol. The van der Waals surface area contributed by atoms with Crippen molar-refractivity contribution < 1.29 is 23.1 Å². The number of carbonyl (C=O) groups excluding carboxylic acids is 2. The van der Waals surface area contributed by atoms with Gasteiger partial charge in [0.1, 0.15) is 17.3 Å². The van der Waals surface area contributed by atoms with Crippen molar-refractivity contribution >= 4 is 11.8 Å². The smallest absolute Gasteiger partial charge is 0.242 e. The lowest BCUT2D eigenvalue weighted by Gasteiger charge is -2.27. The van der Waals surface area contributed by atoms with Gasteiger partial charge in [0.2, 0.25) is 11.8 Å². The maximum Gasteiger partial charge on any atom is 0.242 e. The predicted octanol–water partition coefficient (Wildman–Crippen LogP) is 3.92. The summed E-state index contributed by atoms with van der Waals surface area (Å²) in [7, 11) is 0. The van der Waals surface area contributed by atoms with Gasteiger partial charge in [-0.15, -0.1) is 0 Å². The van der Waals surface area contributed by atoms with Gasteiger partial charge in [-0.1, -0.05) is 12.1 Å². The summed E-state index contributed by atoms with van der Waals surface area (Å²) in [6, 6.07) is 9.79. The molecule has 168 valence electrons. The second kappa shape index (κ2) is 11.1. The average Bonchev–Trinajstić information content (AvgIpc) is 3.52. The summed E-state index contributed by atoms with van der Waals surface area (Å²) in [5, 5.41) is 0. The molecule has 2 aromatic rings. The molecular weight excluding hydrogens is 399 g/mol. The number of hydrogen-bond donors (Lipinski definition) is 0. The molecule has 2 amide bonds. The molecule has 0 atom stereocenters. The van der Waals surface area contributed by atoms with E-state index >= 15 is 0 Å². The van der Waals surface area contributed by atoms with E-state index in [1.807, 2.05) is 26.0 Å². The molecular formula is C24H31FN2O4. The number of carbonyl (C=O) groups is 2.